The van der Waals surface area contributed by atoms with Crippen LogP contribution in [0.25, 0.3) is 5.57 Å². The summed E-state index contributed by atoms with van der Waals surface area (Å²) in [4.78, 5) is 23.1. The minimum atomic E-state index is -0.362. The van der Waals surface area contributed by atoms with Gasteiger partial charge < -0.3 is 14.8 Å². The molecule has 2 heterocycles. The zero-order valence-corrected chi connectivity index (χ0v) is 18.7. The third-order valence-electron chi connectivity index (χ3n) is 5.15. The largest absolute Gasteiger partial charge is 0.494 e. The first-order chi connectivity index (χ1) is 14.8. The van der Waals surface area contributed by atoms with Crippen molar-refractivity contribution in [3.05, 3.63) is 59.7 Å². The van der Waals surface area contributed by atoms with Crippen LogP contribution in [0, 0.1) is 0 Å². The number of anilines is 1. The molecule has 31 heavy (non-hydrogen) atoms. The van der Waals surface area contributed by atoms with Crippen molar-refractivity contribution in [3.63, 3.8) is 0 Å². The summed E-state index contributed by atoms with van der Waals surface area (Å²) >= 11 is 1.05. The number of imide groups is 1. The maximum Gasteiger partial charge on any atom is 0.286 e. The molecule has 0 aliphatic carbocycles. The molecule has 2 aromatic rings. The Morgan fingerprint density at radius 2 is 1.77 bits per heavy atom. The van der Waals surface area contributed by atoms with Crippen LogP contribution < -0.4 is 20.1 Å². The second kappa shape index (κ2) is 8.67. The molecule has 2 aliphatic rings. The maximum absolute atomic E-state index is 11.7. The van der Waals surface area contributed by atoms with Gasteiger partial charge in [0.25, 0.3) is 5.24 Å². The van der Waals surface area contributed by atoms with Gasteiger partial charge in [-0.3, -0.25) is 14.9 Å². The first-order valence-electron chi connectivity index (χ1n) is 10.3. The summed E-state index contributed by atoms with van der Waals surface area (Å²) in [7, 11) is 0. The zero-order valence-electron chi connectivity index (χ0n) is 17.9. The second-order valence-electron chi connectivity index (χ2n) is 8.18. The molecule has 1 unspecified atom stereocenters. The fraction of sp³-hybridized carbons (Fsp3) is 0.333. The molecule has 4 rings (SSSR count). The average molecular weight is 439 g/mol. The van der Waals surface area contributed by atoms with Crippen molar-refractivity contribution in [2.24, 2.45) is 0 Å². The number of nitrogens with one attached hydrogen (secondary N) is 2. The fourth-order valence-corrected chi connectivity index (χ4v) is 4.66. The van der Waals surface area contributed by atoms with Gasteiger partial charge in [-0.2, -0.15) is 0 Å². The van der Waals surface area contributed by atoms with Crippen molar-refractivity contribution in [2.75, 3.05) is 18.5 Å². The van der Waals surface area contributed by atoms with Gasteiger partial charge in [-0.25, -0.2) is 0 Å². The molecular weight excluding hydrogens is 412 g/mol. The molecule has 0 radical (unpaired) electrons. The van der Waals surface area contributed by atoms with E-state index in [4.69, 9.17) is 9.47 Å². The number of rotatable bonds is 7. The van der Waals surface area contributed by atoms with Crippen molar-refractivity contribution in [1.82, 2.24) is 5.32 Å². The van der Waals surface area contributed by atoms with Crippen LogP contribution in [0.4, 0.5) is 10.5 Å². The Kier molecular flexibility index (Phi) is 5.96. The van der Waals surface area contributed by atoms with E-state index in [0.29, 0.717) is 19.6 Å². The molecule has 1 atom stereocenters. The number of hydrogen-bond acceptors (Lipinski definition) is 6. The Labute approximate surface area is 186 Å². The summed E-state index contributed by atoms with van der Waals surface area (Å²) in [6, 6.07) is 13.8. The van der Waals surface area contributed by atoms with Crippen LogP contribution in [-0.4, -0.2) is 35.1 Å². The van der Waals surface area contributed by atoms with Crippen LogP contribution in [-0.2, 0) is 11.2 Å². The number of carbonyl (C=O) groups is 2. The van der Waals surface area contributed by atoms with Crippen LogP contribution in [0.2, 0.25) is 0 Å². The lowest BCUT2D eigenvalue weighted by molar-refractivity contribution is -0.118. The number of thioether (sulfide) groups is 1. The van der Waals surface area contributed by atoms with E-state index in [9.17, 15) is 9.59 Å². The van der Waals surface area contributed by atoms with E-state index < -0.39 is 0 Å². The summed E-state index contributed by atoms with van der Waals surface area (Å²) in [6.07, 6.45) is 2.71. The monoisotopic (exact) mass is 438 g/mol. The lowest BCUT2D eigenvalue weighted by atomic mass is 9.90. The minimum absolute atomic E-state index is 0.197. The minimum Gasteiger partial charge on any atom is -0.494 e. The number of hydrogen-bond donors (Lipinski definition) is 2. The Bertz CT molecular complexity index is 1030. The molecule has 0 bridgehead atoms. The number of carbonyl (C=O) groups excluding carboxylic acids is 2. The Morgan fingerprint density at radius 3 is 2.45 bits per heavy atom. The summed E-state index contributed by atoms with van der Waals surface area (Å²) < 4.78 is 11.7. The van der Waals surface area contributed by atoms with E-state index in [1.165, 1.54) is 0 Å². The fourth-order valence-electron chi connectivity index (χ4n) is 3.80. The van der Waals surface area contributed by atoms with E-state index >= 15 is 0 Å². The smallest absolute Gasteiger partial charge is 0.286 e. The van der Waals surface area contributed by atoms with E-state index in [0.717, 1.165) is 45.6 Å². The molecule has 6 nitrogen and oxygen atoms in total. The lowest BCUT2D eigenvalue weighted by Gasteiger charge is -2.32. The Morgan fingerprint density at radius 1 is 1.03 bits per heavy atom. The predicted molar refractivity (Wildman–Crippen MR) is 124 cm³/mol. The van der Waals surface area contributed by atoms with Gasteiger partial charge in [-0.15, -0.1) is 0 Å². The van der Waals surface area contributed by atoms with Crippen molar-refractivity contribution < 1.29 is 19.1 Å². The number of fused-ring (bicyclic) bond motifs is 1. The SMILES string of the molecule is CCOc1ccc2c(c1)NC(C)(C)C=C2COc1ccc(CC2SC(=O)NC2=O)cc1. The van der Waals surface area contributed by atoms with E-state index in [2.05, 4.69) is 36.6 Å². The zero-order chi connectivity index (χ0) is 22.0. The molecule has 2 amide bonds. The molecule has 7 heteroatoms. The molecule has 2 aliphatic heterocycles. The van der Waals surface area contributed by atoms with Crippen molar-refractivity contribution in [1.29, 1.82) is 0 Å². The summed E-state index contributed by atoms with van der Waals surface area (Å²) in [5, 5.41) is 5.22. The third kappa shape index (κ3) is 5.05. The molecule has 0 spiro atoms. The average Bonchev–Trinajstić information content (AvgIpc) is 3.03. The summed E-state index contributed by atoms with van der Waals surface area (Å²) in [6.45, 7) is 7.30. The van der Waals surface area contributed by atoms with Gasteiger partial charge in [0.05, 0.1) is 17.4 Å². The highest BCUT2D eigenvalue weighted by Crippen LogP contribution is 2.36. The molecule has 0 saturated carbocycles. The molecule has 162 valence electrons. The Hall–Kier alpha value is -2.93. The summed E-state index contributed by atoms with van der Waals surface area (Å²) in [5.41, 5.74) is 4.05. The second-order valence-corrected chi connectivity index (χ2v) is 9.35. The maximum atomic E-state index is 11.7. The van der Waals surface area contributed by atoms with Crippen LogP contribution >= 0.6 is 11.8 Å². The molecule has 1 saturated heterocycles. The topological polar surface area (TPSA) is 76.7 Å². The van der Waals surface area contributed by atoms with Crippen LogP contribution in [0.1, 0.15) is 31.9 Å². The highest BCUT2D eigenvalue weighted by Gasteiger charge is 2.31. The number of ether oxygens (including phenoxy) is 2. The first kappa shape index (κ1) is 21.3. The van der Waals surface area contributed by atoms with Gasteiger partial charge in [-0.05, 0) is 62.6 Å². The predicted octanol–water partition coefficient (Wildman–Crippen LogP) is 4.65. The normalized spacial score (nSPS) is 19.2. The number of benzene rings is 2. The van der Waals surface area contributed by atoms with E-state index in [-0.39, 0.29) is 21.9 Å². The van der Waals surface area contributed by atoms with Crippen molar-refractivity contribution in [2.45, 2.75) is 38.0 Å². The van der Waals surface area contributed by atoms with Gasteiger partial charge in [0.15, 0.2) is 0 Å². The van der Waals surface area contributed by atoms with Crippen molar-refractivity contribution in [3.8, 4) is 11.5 Å². The highest BCUT2D eigenvalue weighted by molar-refractivity contribution is 8.15. The molecule has 0 aromatic heterocycles. The Balaban J connectivity index is 1.43. The molecule has 2 aromatic carbocycles. The standard InChI is InChI=1S/C24H26N2O4S/c1-4-29-18-9-10-19-16(13-24(2,3)26-20(19)12-18)14-30-17-7-5-15(6-8-17)11-21-22(27)25-23(28)31-21/h5-10,12-13,21,26H,4,11,14H2,1-3H3,(H,25,27,28). The van der Waals surface area contributed by atoms with E-state index in [1.807, 2.05) is 43.3 Å². The molecule has 1 fully saturated rings. The van der Waals surface area contributed by atoms with Gasteiger partial charge in [0.2, 0.25) is 5.91 Å². The lowest BCUT2D eigenvalue weighted by Crippen LogP contribution is -2.32. The molecule has 2 N–H and O–H groups in total. The van der Waals surface area contributed by atoms with Crippen LogP contribution in [0.5, 0.6) is 11.5 Å². The van der Waals surface area contributed by atoms with Crippen LogP contribution in [0.3, 0.4) is 0 Å². The van der Waals surface area contributed by atoms with E-state index in [1.54, 1.807) is 0 Å². The third-order valence-corrected chi connectivity index (χ3v) is 6.13. The van der Waals surface area contributed by atoms with Gasteiger partial charge >= 0.3 is 0 Å². The summed E-state index contributed by atoms with van der Waals surface area (Å²) in [5.74, 6) is 1.38. The highest BCUT2D eigenvalue weighted by atomic mass is 32.2. The number of amides is 2. The molecular formula is C24H26N2O4S. The van der Waals surface area contributed by atoms with Crippen LogP contribution in [0.15, 0.2) is 48.5 Å². The quantitative estimate of drug-likeness (QED) is 0.656. The van der Waals surface area contributed by atoms with Gasteiger partial charge in [0, 0.05) is 17.3 Å². The van der Waals surface area contributed by atoms with Gasteiger partial charge in [-0.1, -0.05) is 30.0 Å². The van der Waals surface area contributed by atoms with Crippen molar-refractivity contribution >= 4 is 34.2 Å². The van der Waals surface area contributed by atoms with Gasteiger partial charge in [0.1, 0.15) is 18.1 Å². The first-order valence-corrected chi connectivity index (χ1v) is 11.2.